The van der Waals surface area contributed by atoms with Crippen LogP contribution in [-0.4, -0.2) is 28.5 Å². The summed E-state index contributed by atoms with van der Waals surface area (Å²) in [4.78, 5) is -0.0515. The second-order valence-corrected chi connectivity index (χ2v) is 7.17. The van der Waals surface area contributed by atoms with Gasteiger partial charge < -0.3 is 0 Å². The molecule has 0 aliphatic rings. The standard InChI is InChI=1S/C16H12FN5O3S/c17-12-6-4-11(5-7-12)10-22-9-8-15(18-22)21-26(23,24)14-3-1-2-13-16(14)20-25-19-13/h1-9H,10H2,(H,18,21). The number of rotatable bonds is 5. The zero-order valence-electron chi connectivity index (χ0n) is 13.2. The van der Waals surface area contributed by atoms with Gasteiger partial charge in [-0.3, -0.25) is 9.40 Å². The van der Waals surface area contributed by atoms with Crippen molar-refractivity contribution in [3.8, 4) is 0 Å². The molecule has 0 aliphatic heterocycles. The molecule has 1 N–H and O–H groups in total. The Balaban J connectivity index is 1.56. The minimum Gasteiger partial charge on any atom is -0.266 e. The lowest BCUT2D eigenvalue weighted by Gasteiger charge is -2.05. The van der Waals surface area contributed by atoms with Gasteiger partial charge in [0.1, 0.15) is 16.2 Å². The van der Waals surface area contributed by atoms with Crippen LogP contribution in [0, 0.1) is 5.82 Å². The molecule has 0 aliphatic carbocycles. The zero-order chi connectivity index (χ0) is 18.1. The monoisotopic (exact) mass is 373 g/mol. The van der Waals surface area contributed by atoms with Crippen LogP contribution in [0.4, 0.5) is 10.2 Å². The zero-order valence-corrected chi connectivity index (χ0v) is 14.0. The van der Waals surface area contributed by atoms with E-state index in [1.807, 2.05) is 0 Å². The van der Waals surface area contributed by atoms with Crippen LogP contribution in [0.5, 0.6) is 0 Å². The highest BCUT2D eigenvalue weighted by atomic mass is 32.2. The summed E-state index contributed by atoms with van der Waals surface area (Å²) < 4.78 is 46.7. The number of sulfonamides is 1. The van der Waals surface area contributed by atoms with E-state index < -0.39 is 10.0 Å². The molecule has 0 atom stereocenters. The van der Waals surface area contributed by atoms with Gasteiger partial charge >= 0.3 is 0 Å². The van der Waals surface area contributed by atoms with E-state index in [0.29, 0.717) is 12.1 Å². The Kier molecular flexibility index (Phi) is 3.88. The van der Waals surface area contributed by atoms with Crippen LogP contribution in [0.25, 0.3) is 11.0 Å². The first-order valence-corrected chi connectivity index (χ1v) is 9.02. The van der Waals surface area contributed by atoms with E-state index in [4.69, 9.17) is 0 Å². The molecular formula is C16H12FN5O3S. The van der Waals surface area contributed by atoms with Crippen LogP contribution in [0.3, 0.4) is 0 Å². The van der Waals surface area contributed by atoms with E-state index in [0.717, 1.165) is 5.56 Å². The number of anilines is 1. The van der Waals surface area contributed by atoms with E-state index in [2.05, 4.69) is 24.8 Å². The Morgan fingerprint density at radius 1 is 1.08 bits per heavy atom. The summed E-state index contributed by atoms with van der Waals surface area (Å²) in [7, 11) is -3.91. The summed E-state index contributed by atoms with van der Waals surface area (Å²) in [5, 5.41) is 11.4. The largest absolute Gasteiger partial charge is 0.266 e. The number of nitrogens with one attached hydrogen (secondary N) is 1. The van der Waals surface area contributed by atoms with E-state index in [1.165, 1.54) is 24.3 Å². The maximum Gasteiger partial charge on any atom is 0.265 e. The Morgan fingerprint density at radius 2 is 1.88 bits per heavy atom. The van der Waals surface area contributed by atoms with Gasteiger partial charge in [0, 0.05) is 12.3 Å². The Morgan fingerprint density at radius 3 is 2.69 bits per heavy atom. The smallest absolute Gasteiger partial charge is 0.265 e. The number of aromatic nitrogens is 4. The van der Waals surface area contributed by atoms with Gasteiger partial charge in [-0.05, 0) is 40.1 Å². The van der Waals surface area contributed by atoms with Gasteiger partial charge in [0.15, 0.2) is 11.3 Å². The van der Waals surface area contributed by atoms with E-state index >= 15 is 0 Å². The molecule has 0 saturated heterocycles. The van der Waals surface area contributed by atoms with Gasteiger partial charge in [0.25, 0.3) is 10.0 Å². The molecule has 26 heavy (non-hydrogen) atoms. The number of fused-ring (bicyclic) bond motifs is 1. The van der Waals surface area contributed by atoms with Crippen molar-refractivity contribution in [2.45, 2.75) is 11.4 Å². The first kappa shape index (κ1) is 16.2. The fourth-order valence-electron chi connectivity index (χ4n) is 2.47. The normalized spacial score (nSPS) is 11.7. The molecule has 0 saturated carbocycles. The van der Waals surface area contributed by atoms with Crippen molar-refractivity contribution in [1.82, 2.24) is 20.1 Å². The first-order valence-electron chi connectivity index (χ1n) is 7.53. The topological polar surface area (TPSA) is 103 Å². The van der Waals surface area contributed by atoms with Crippen LogP contribution in [0.2, 0.25) is 0 Å². The van der Waals surface area contributed by atoms with Crippen LogP contribution >= 0.6 is 0 Å². The summed E-state index contributed by atoms with van der Waals surface area (Å²) in [5.74, 6) is -0.167. The van der Waals surface area contributed by atoms with Crippen molar-refractivity contribution in [3.05, 3.63) is 66.1 Å². The molecule has 0 radical (unpaired) electrons. The molecule has 0 unspecified atom stereocenters. The van der Waals surface area contributed by atoms with Crippen molar-refractivity contribution < 1.29 is 17.4 Å². The molecule has 0 spiro atoms. The van der Waals surface area contributed by atoms with Crippen molar-refractivity contribution in [1.29, 1.82) is 0 Å². The van der Waals surface area contributed by atoms with E-state index in [9.17, 15) is 12.8 Å². The van der Waals surface area contributed by atoms with Crippen molar-refractivity contribution >= 4 is 26.9 Å². The maximum atomic E-state index is 12.9. The second-order valence-electron chi connectivity index (χ2n) is 5.52. The first-order chi connectivity index (χ1) is 12.5. The highest BCUT2D eigenvalue weighted by Crippen LogP contribution is 2.22. The van der Waals surface area contributed by atoms with Gasteiger partial charge in [-0.1, -0.05) is 18.2 Å². The fraction of sp³-hybridized carbons (Fsp3) is 0.0625. The third kappa shape index (κ3) is 3.14. The molecule has 0 bridgehead atoms. The third-order valence-electron chi connectivity index (χ3n) is 3.68. The van der Waals surface area contributed by atoms with Gasteiger partial charge in [0.05, 0.1) is 6.54 Å². The van der Waals surface area contributed by atoms with Crippen molar-refractivity contribution in [2.75, 3.05) is 4.72 Å². The highest BCUT2D eigenvalue weighted by Gasteiger charge is 2.21. The predicted octanol–water partition coefficient (Wildman–Crippen LogP) is 2.41. The average molecular weight is 373 g/mol. The number of halogens is 1. The number of nitrogens with zero attached hydrogens (tertiary/aromatic N) is 4. The molecule has 2 heterocycles. The molecular weight excluding hydrogens is 361 g/mol. The third-order valence-corrected chi connectivity index (χ3v) is 5.06. The van der Waals surface area contributed by atoms with Crippen LogP contribution in [-0.2, 0) is 16.6 Å². The summed E-state index contributed by atoms with van der Waals surface area (Å²) in [6.45, 7) is 0.380. The highest BCUT2D eigenvalue weighted by molar-refractivity contribution is 7.93. The summed E-state index contributed by atoms with van der Waals surface area (Å²) >= 11 is 0. The van der Waals surface area contributed by atoms with Gasteiger partial charge in [0.2, 0.25) is 0 Å². The number of hydrogen-bond acceptors (Lipinski definition) is 6. The summed E-state index contributed by atoms with van der Waals surface area (Å²) in [6, 6.07) is 12.1. The summed E-state index contributed by atoms with van der Waals surface area (Å²) in [5.41, 5.74) is 1.32. The Labute approximate surface area is 147 Å². The lowest BCUT2D eigenvalue weighted by atomic mass is 10.2. The van der Waals surface area contributed by atoms with Crippen LogP contribution in [0.15, 0.2) is 64.3 Å². The molecule has 0 amide bonds. The lowest BCUT2D eigenvalue weighted by Crippen LogP contribution is -2.14. The SMILES string of the molecule is O=S(=O)(Nc1ccn(Cc2ccc(F)cc2)n1)c1cccc2nonc12. The molecule has 2 aromatic carbocycles. The van der Waals surface area contributed by atoms with Gasteiger partial charge in [-0.25, -0.2) is 17.4 Å². The predicted molar refractivity (Wildman–Crippen MR) is 90.3 cm³/mol. The maximum absolute atomic E-state index is 12.9. The number of benzene rings is 2. The number of hydrogen-bond donors (Lipinski definition) is 1. The minimum absolute atomic E-state index is 0.0515. The van der Waals surface area contributed by atoms with Gasteiger partial charge in [-0.15, -0.1) is 0 Å². The molecule has 2 aromatic heterocycles. The van der Waals surface area contributed by atoms with E-state index in [-0.39, 0.29) is 22.0 Å². The molecule has 4 rings (SSSR count). The molecule has 10 heteroatoms. The lowest BCUT2D eigenvalue weighted by molar-refractivity contribution is 0.315. The van der Waals surface area contributed by atoms with E-state index in [1.54, 1.807) is 35.1 Å². The second kappa shape index (κ2) is 6.23. The Hall–Kier alpha value is -3.27. The Bertz CT molecular complexity index is 1170. The average Bonchev–Trinajstić information content (AvgIpc) is 3.25. The minimum atomic E-state index is -3.91. The van der Waals surface area contributed by atoms with Crippen LogP contribution in [0.1, 0.15) is 5.56 Å². The van der Waals surface area contributed by atoms with Crippen LogP contribution < -0.4 is 4.72 Å². The molecule has 0 fully saturated rings. The summed E-state index contributed by atoms with van der Waals surface area (Å²) in [6.07, 6.45) is 1.62. The van der Waals surface area contributed by atoms with Crippen molar-refractivity contribution in [3.63, 3.8) is 0 Å². The van der Waals surface area contributed by atoms with Gasteiger partial charge in [-0.2, -0.15) is 5.10 Å². The van der Waals surface area contributed by atoms with Crippen molar-refractivity contribution in [2.24, 2.45) is 0 Å². The fourth-order valence-corrected chi connectivity index (χ4v) is 3.62. The molecule has 132 valence electrons. The molecule has 4 aromatic rings. The quantitative estimate of drug-likeness (QED) is 0.576. The molecule has 8 nitrogen and oxygen atoms in total.